The van der Waals surface area contributed by atoms with Crippen LogP contribution < -0.4 is 10.2 Å². The van der Waals surface area contributed by atoms with E-state index in [1.165, 1.54) is 31.4 Å². The highest BCUT2D eigenvalue weighted by Crippen LogP contribution is 2.24. The number of hydrogen-bond donors (Lipinski definition) is 1. The van der Waals surface area contributed by atoms with E-state index in [-0.39, 0.29) is 0 Å². The van der Waals surface area contributed by atoms with Gasteiger partial charge in [0, 0.05) is 25.3 Å². The van der Waals surface area contributed by atoms with Gasteiger partial charge in [-0.25, -0.2) is 4.98 Å². The number of piperidine rings is 1. The van der Waals surface area contributed by atoms with Crippen LogP contribution in [0.3, 0.4) is 0 Å². The summed E-state index contributed by atoms with van der Waals surface area (Å²) in [5, 5.41) is 3.19. The molecule has 100 valence electrons. The molecule has 3 heteroatoms. The van der Waals surface area contributed by atoms with Gasteiger partial charge in [0.1, 0.15) is 5.82 Å². The molecule has 1 aliphatic rings. The predicted octanol–water partition coefficient (Wildman–Crippen LogP) is 2.74. The Balaban J connectivity index is 2.10. The second kappa shape index (κ2) is 6.19. The smallest absolute Gasteiger partial charge is 0.128 e. The minimum absolute atomic E-state index is 0.845. The first-order chi connectivity index (χ1) is 8.74. The van der Waals surface area contributed by atoms with Crippen molar-refractivity contribution in [1.29, 1.82) is 0 Å². The van der Waals surface area contributed by atoms with Crippen molar-refractivity contribution >= 4 is 5.82 Å². The Morgan fingerprint density at radius 3 is 2.94 bits per heavy atom. The van der Waals surface area contributed by atoms with Gasteiger partial charge >= 0.3 is 0 Å². The number of pyridine rings is 1. The van der Waals surface area contributed by atoms with E-state index in [0.717, 1.165) is 30.5 Å². The lowest BCUT2D eigenvalue weighted by molar-refractivity contribution is 0.403. The fourth-order valence-electron chi connectivity index (χ4n) is 2.74. The van der Waals surface area contributed by atoms with E-state index in [0.29, 0.717) is 0 Å². The molecule has 1 fully saturated rings. The predicted molar refractivity (Wildman–Crippen MR) is 77.0 cm³/mol. The summed E-state index contributed by atoms with van der Waals surface area (Å²) >= 11 is 0. The number of rotatable bonds is 4. The summed E-state index contributed by atoms with van der Waals surface area (Å²) in [6.07, 6.45) is 3.97. The van der Waals surface area contributed by atoms with Crippen molar-refractivity contribution in [3.63, 3.8) is 0 Å². The molecular weight excluding hydrogens is 222 g/mol. The normalized spacial score (nSPS) is 20.2. The molecule has 0 spiro atoms. The summed E-state index contributed by atoms with van der Waals surface area (Å²) in [5.74, 6) is 2.00. The lowest BCUT2D eigenvalue weighted by Gasteiger charge is -2.33. The third-order valence-corrected chi connectivity index (χ3v) is 3.97. The van der Waals surface area contributed by atoms with Gasteiger partial charge in [-0.05, 0) is 44.4 Å². The molecule has 1 aromatic heterocycles. The quantitative estimate of drug-likeness (QED) is 0.886. The number of aromatic nitrogens is 1. The number of nitrogens with one attached hydrogen (secondary N) is 1. The highest BCUT2D eigenvalue weighted by Gasteiger charge is 2.19. The molecule has 0 amide bonds. The van der Waals surface area contributed by atoms with Crippen molar-refractivity contribution in [2.45, 2.75) is 39.7 Å². The van der Waals surface area contributed by atoms with Crippen LogP contribution in [0.5, 0.6) is 0 Å². The SMILES string of the molecule is CCC1CCCN(c2ccc(CNC)c(C)n2)C1. The Bertz CT molecular complexity index is 389. The van der Waals surface area contributed by atoms with E-state index in [4.69, 9.17) is 4.98 Å². The molecule has 2 rings (SSSR count). The van der Waals surface area contributed by atoms with Crippen LogP contribution in [0.4, 0.5) is 5.82 Å². The van der Waals surface area contributed by atoms with Gasteiger partial charge in [-0.15, -0.1) is 0 Å². The van der Waals surface area contributed by atoms with Gasteiger partial charge in [0.15, 0.2) is 0 Å². The second-order valence-corrected chi connectivity index (χ2v) is 5.31. The molecule has 0 aromatic carbocycles. The van der Waals surface area contributed by atoms with Crippen LogP contribution in [0.15, 0.2) is 12.1 Å². The third kappa shape index (κ3) is 3.02. The first-order valence-electron chi connectivity index (χ1n) is 7.10. The first-order valence-corrected chi connectivity index (χ1v) is 7.10. The van der Waals surface area contributed by atoms with Gasteiger partial charge in [-0.2, -0.15) is 0 Å². The Morgan fingerprint density at radius 1 is 1.44 bits per heavy atom. The van der Waals surface area contributed by atoms with Crippen molar-refractivity contribution in [3.8, 4) is 0 Å². The highest BCUT2D eigenvalue weighted by atomic mass is 15.2. The molecule has 1 N–H and O–H groups in total. The lowest BCUT2D eigenvalue weighted by atomic mass is 9.95. The topological polar surface area (TPSA) is 28.2 Å². The molecule has 0 saturated carbocycles. The van der Waals surface area contributed by atoms with Crippen LogP contribution in [-0.4, -0.2) is 25.1 Å². The molecule has 0 radical (unpaired) electrons. The fourth-order valence-corrected chi connectivity index (χ4v) is 2.74. The molecule has 18 heavy (non-hydrogen) atoms. The minimum atomic E-state index is 0.845. The largest absolute Gasteiger partial charge is 0.356 e. The first kappa shape index (κ1) is 13.3. The summed E-state index contributed by atoms with van der Waals surface area (Å²) in [6.45, 7) is 7.64. The van der Waals surface area contributed by atoms with Gasteiger partial charge in [0.25, 0.3) is 0 Å². The summed E-state index contributed by atoms with van der Waals surface area (Å²) in [4.78, 5) is 7.22. The van der Waals surface area contributed by atoms with Crippen molar-refractivity contribution in [2.24, 2.45) is 5.92 Å². The average molecular weight is 247 g/mol. The minimum Gasteiger partial charge on any atom is -0.356 e. The van der Waals surface area contributed by atoms with E-state index in [2.05, 4.69) is 36.2 Å². The molecule has 0 aliphatic carbocycles. The van der Waals surface area contributed by atoms with Crippen molar-refractivity contribution < 1.29 is 0 Å². The summed E-state index contributed by atoms with van der Waals surface area (Å²) < 4.78 is 0. The zero-order chi connectivity index (χ0) is 13.0. The average Bonchev–Trinajstić information content (AvgIpc) is 2.41. The van der Waals surface area contributed by atoms with Gasteiger partial charge in [0.05, 0.1) is 0 Å². The molecule has 3 nitrogen and oxygen atoms in total. The maximum absolute atomic E-state index is 4.77. The molecule has 1 aromatic rings. The maximum atomic E-state index is 4.77. The van der Waals surface area contributed by atoms with E-state index < -0.39 is 0 Å². The Kier molecular flexibility index (Phi) is 4.59. The van der Waals surface area contributed by atoms with E-state index in [9.17, 15) is 0 Å². The van der Waals surface area contributed by atoms with Gasteiger partial charge in [-0.3, -0.25) is 0 Å². The third-order valence-electron chi connectivity index (χ3n) is 3.97. The van der Waals surface area contributed by atoms with Gasteiger partial charge in [0.2, 0.25) is 0 Å². The fraction of sp³-hybridized carbons (Fsp3) is 0.667. The van der Waals surface area contributed by atoms with Crippen LogP contribution in [0, 0.1) is 12.8 Å². The lowest BCUT2D eigenvalue weighted by Crippen LogP contribution is -2.35. The van der Waals surface area contributed by atoms with Gasteiger partial charge < -0.3 is 10.2 Å². The maximum Gasteiger partial charge on any atom is 0.128 e. The molecule has 1 atom stereocenters. The highest BCUT2D eigenvalue weighted by molar-refractivity contribution is 5.42. The summed E-state index contributed by atoms with van der Waals surface area (Å²) in [7, 11) is 1.98. The summed E-state index contributed by atoms with van der Waals surface area (Å²) in [6, 6.07) is 4.39. The molecule has 2 heterocycles. The van der Waals surface area contributed by atoms with Crippen LogP contribution in [0.25, 0.3) is 0 Å². The Labute approximate surface area is 111 Å². The Hall–Kier alpha value is -1.09. The molecule has 1 unspecified atom stereocenters. The monoisotopic (exact) mass is 247 g/mol. The number of anilines is 1. The van der Waals surface area contributed by atoms with Crippen molar-refractivity contribution in [2.75, 3.05) is 25.0 Å². The molecular formula is C15H25N3. The number of nitrogens with zero attached hydrogens (tertiary/aromatic N) is 2. The van der Waals surface area contributed by atoms with Crippen LogP contribution in [0.2, 0.25) is 0 Å². The van der Waals surface area contributed by atoms with Crippen molar-refractivity contribution in [1.82, 2.24) is 10.3 Å². The van der Waals surface area contributed by atoms with Crippen LogP contribution in [0.1, 0.15) is 37.4 Å². The zero-order valence-corrected chi connectivity index (χ0v) is 11.9. The van der Waals surface area contributed by atoms with E-state index in [1.807, 2.05) is 7.05 Å². The van der Waals surface area contributed by atoms with Crippen molar-refractivity contribution in [3.05, 3.63) is 23.4 Å². The standard InChI is InChI=1S/C15H25N3/c1-4-13-6-5-9-18(11-13)15-8-7-14(10-16-3)12(2)17-15/h7-8,13,16H,4-6,9-11H2,1-3H3. The summed E-state index contributed by atoms with van der Waals surface area (Å²) in [5.41, 5.74) is 2.45. The zero-order valence-electron chi connectivity index (χ0n) is 11.9. The number of aryl methyl sites for hydroxylation is 1. The van der Waals surface area contributed by atoms with Crippen LogP contribution >= 0.6 is 0 Å². The molecule has 1 aliphatic heterocycles. The van der Waals surface area contributed by atoms with Crippen LogP contribution in [-0.2, 0) is 6.54 Å². The molecule has 0 bridgehead atoms. The Morgan fingerprint density at radius 2 is 2.28 bits per heavy atom. The molecule has 1 saturated heterocycles. The number of hydrogen-bond acceptors (Lipinski definition) is 3. The van der Waals surface area contributed by atoms with E-state index >= 15 is 0 Å². The van der Waals surface area contributed by atoms with E-state index in [1.54, 1.807) is 0 Å². The second-order valence-electron chi connectivity index (χ2n) is 5.31. The van der Waals surface area contributed by atoms with Gasteiger partial charge in [-0.1, -0.05) is 19.4 Å².